The summed E-state index contributed by atoms with van der Waals surface area (Å²) < 4.78 is 24.0. The first-order valence-corrected chi connectivity index (χ1v) is 7.40. The Labute approximate surface area is 109 Å². The monoisotopic (exact) mass is 320 g/mol. The first-order valence-electron chi connectivity index (χ1n) is 4.76. The number of carbonyl (C=O) groups excluding carboxylic acids is 1. The molecule has 0 fully saturated rings. The molecule has 0 saturated heterocycles. The van der Waals surface area contributed by atoms with Gasteiger partial charge < -0.3 is 5.32 Å². The van der Waals surface area contributed by atoms with Crippen molar-refractivity contribution >= 4 is 37.5 Å². The molecule has 0 aliphatic carbocycles. The number of rotatable bonds is 4. The molecule has 0 atom stereocenters. The van der Waals surface area contributed by atoms with Crippen molar-refractivity contribution in [2.45, 2.75) is 0 Å². The predicted octanol–water partition coefficient (Wildman–Crippen LogP) is 1.28. The number of hydrogen-bond donors (Lipinski definition) is 1. The Bertz CT molecular complexity index is 516. The second-order valence-electron chi connectivity index (χ2n) is 3.55. The van der Waals surface area contributed by atoms with E-state index in [-0.39, 0.29) is 12.5 Å². The molecule has 0 unspecified atom stereocenters. The van der Waals surface area contributed by atoms with Gasteiger partial charge in [-0.3, -0.25) is 4.79 Å². The van der Waals surface area contributed by atoms with Crippen LogP contribution in [0.4, 0.5) is 5.69 Å². The van der Waals surface area contributed by atoms with Crippen LogP contribution in [-0.4, -0.2) is 38.5 Å². The fourth-order valence-electron chi connectivity index (χ4n) is 1.07. The maximum absolute atomic E-state index is 11.6. The average Bonchev–Trinajstić information content (AvgIpc) is 2.20. The van der Waals surface area contributed by atoms with Gasteiger partial charge in [-0.05, 0) is 28.1 Å². The van der Waals surface area contributed by atoms with Gasteiger partial charge in [-0.25, -0.2) is 8.42 Å². The fourth-order valence-corrected chi connectivity index (χ4v) is 1.81. The van der Waals surface area contributed by atoms with Crippen LogP contribution in [-0.2, 0) is 14.8 Å². The van der Waals surface area contributed by atoms with Crippen molar-refractivity contribution in [3.63, 3.8) is 0 Å². The Kier molecular flexibility index (Phi) is 4.67. The second kappa shape index (κ2) is 5.61. The summed E-state index contributed by atoms with van der Waals surface area (Å²) >= 11 is 3.28. The lowest BCUT2D eigenvalue weighted by molar-refractivity contribution is -0.116. The van der Waals surface area contributed by atoms with Crippen molar-refractivity contribution in [3.8, 4) is 0 Å². The van der Waals surface area contributed by atoms with Crippen LogP contribution in [0.5, 0.6) is 0 Å². The number of hydrogen-bond acceptors (Lipinski definition) is 3. The van der Waals surface area contributed by atoms with E-state index in [1.165, 1.54) is 7.05 Å². The number of likely N-dealkylation sites (N-methyl/N-ethyl adjacent to an activating group) is 1. The average molecular weight is 321 g/mol. The summed E-state index contributed by atoms with van der Waals surface area (Å²) in [4.78, 5) is 11.6. The summed E-state index contributed by atoms with van der Waals surface area (Å²) in [6.07, 6.45) is 1.05. The lowest BCUT2D eigenvalue weighted by Crippen LogP contribution is -2.34. The number of halogens is 1. The lowest BCUT2D eigenvalue weighted by atomic mass is 10.3. The highest BCUT2D eigenvalue weighted by Gasteiger charge is 2.15. The van der Waals surface area contributed by atoms with Crippen LogP contribution >= 0.6 is 15.9 Å². The Morgan fingerprint density at radius 1 is 1.41 bits per heavy atom. The fraction of sp³-hybridized carbons (Fsp3) is 0.300. The van der Waals surface area contributed by atoms with E-state index in [1.54, 1.807) is 18.2 Å². The molecular weight excluding hydrogens is 308 g/mol. The van der Waals surface area contributed by atoms with E-state index in [2.05, 4.69) is 21.2 Å². The first-order chi connectivity index (χ1) is 7.80. The van der Waals surface area contributed by atoms with Gasteiger partial charge >= 0.3 is 0 Å². The summed E-state index contributed by atoms with van der Waals surface area (Å²) in [5, 5.41) is 2.62. The summed E-state index contributed by atoms with van der Waals surface area (Å²) in [6, 6.07) is 7.11. The molecule has 1 rings (SSSR count). The molecule has 94 valence electrons. The van der Waals surface area contributed by atoms with Gasteiger partial charge in [0.15, 0.2) is 0 Å². The molecular formula is C10H13BrN2O3S. The molecule has 1 aromatic rings. The molecule has 0 aliphatic heterocycles. The number of amides is 1. The van der Waals surface area contributed by atoms with E-state index >= 15 is 0 Å². The predicted molar refractivity (Wildman–Crippen MR) is 70.2 cm³/mol. The number of para-hydroxylation sites is 1. The summed E-state index contributed by atoms with van der Waals surface area (Å²) in [6.45, 7) is -0.208. The second-order valence-corrected chi connectivity index (χ2v) is 6.49. The zero-order valence-corrected chi connectivity index (χ0v) is 11.9. The number of nitrogens with one attached hydrogen (secondary N) is 1. The molecule has 0 saturated carbocycles. The van der Waals surface area contributed by atoms with Gasteiger partial charge in [-0.15, -0.1) is 0 Å². The largest absolute Gasteiger partial charge is 0.324 e. The number of carbonyl (C=O) groups is 1. The van der Waals surface area contributed by atoms with Crippen LogP contribution in [0.15, 0.2) is 28.7 Å². The third-order valence-electron chi connectivity index (χ3n) is 2.08. The molecule has 1 N–H and O–H groups in total. The minimum Gasteiger partial charge on any atom is -0.324 e. The topological polar surface area (TPSA) is 66.5 Å². The van der Waals surface area contributed by atoms with Gasteiger partial charge in [0.25, 0.3) is 0 Å². The number of nitrogens with zero attached hydrogens (tertiary/aromatic N) is 1. The standard InChI is InChI=1S/C10H13BrN2O3S/c1-13(17(2,15)16)7-10(14)12-9-6-4-3-5-8(9)11/h3-6H,7H2,1-2H3,(H,12,14). The van der Waals surface area contributed by atoms with E-state index < -0.39 is 10.0 Å². The van der Waals surface area contributed by atoms with Gasteiger partial charge in [-0.2, -0.15) is 4.31 Å². The van der Waals surface area contributed by atoms with Crippen LogP contribution < -0.4 is 5.32 Å². The minimum absolute atomic E-state index is 0.208. The zero-order chi connectivity index (χ0) is 13.1. The lowest BCUT2D eigenvalue weighted by Gasteiger charge is -2.14. The molecule has 7 heteroatoms. The molecule has 0 bridgehead atoms. The van der Waals surface area contributed by atoms with Gasteiger partial charge in [0.2, 0.25) is 15.9 Å². The van der Waals surface area contributed by atoms with Gasteiger partial charge in [-0.1, -0.05) is 12.1 Å². The van der Waals surface area contributed by atoms with Crippen molar-refractivity contribution in [2.24, 2.45) is 0 Å². The quantitative estimate of drug-likeness (QED) is 0.908. The van der Waals surface area contributed by atoms with Crippen LogP contribution in [0.1, 0.15) is 0 Å². The van der Waals surface area contributed by atoms with Crippen molar-refractivity contribution in [1.82, 2.24) is 4.31 Å². The third kappa shape index (κ3) is 4.45. The number of benzene rings is 1. The smallest absolute Gasteiger partial charge is 0.239 e. The first kappa shape index (κ1) is 14.1. The summed E-state index contributed by atoms with van der Waals surface area (Å²) in [5.74, 6) is -0.384. The Hall–Kier alpha value is -0.920. The van der Waals surface area contributed by atoms with Crippen LogP contribution in [0.3, 0.4) is 0 Å². The molecule has 0 radical (unpaired) electrons. The summed E-state index contributed by atoms with van der Waals surface area (Å²) in [7, 11) is -1.98. The molecule has 5 nitrogen and oxygen atoms in total. The molecule has 1 amide bonds. The molecule has 17 heavy (non-hydrogen) atoms. The normalized spacial score (nSPS) is 11.5. The zero-order valence-electron chi connectivity index (χ0n) is 9.47. The number of sulfonamides is 1. The van der Waals surface area contributed by atoms with Gasteiger partial charge in [0, 0.05) is 11.5 Å². The highest BCUT2D eigenvalue weighted by atomic mass is 79.9. The molecule has 1 aromatic carbocycles. The van der Waals surface area contributed by atoms with Crippen molar-refractivity contribution < 1.29 is 13.2 Å². The van der Waals surface area contributed by atoms with Crippen LogP contribution in [0, 0.1) is 0 Å². The van der Waals surface area contributed by atoms with Crippen LogP contribution in [0.2, 0.25) is 0 Å². The molecule has 0 spiro atoms. The van der Waals surface area contributed by atoms with E-state index in [1.807, 2.05) is 6.07 Å². The van der Waals surface area contributed by atoms with E-state index in [9.17, 15) is 13.2 Å². The molecule has 0 heterocycles. The van der Waals surface area contributed by atoms with E-state index in [4.69, 9.17) is 0 Å². The van der Waals surface area contributed by atoms with Crippen molar-refractivity contribution in [3.05, 3.63) is 28.7 Å². The third-order valence-corrected chi connectivity index (χ3v) is 4.03. The SMILES string of the molecule is CN(CC(=O)Nc1ccccc1Br)S(C)(=O)=O. The highest BCUT2D eigenvalue weighted by molar-refractivity contribution is 9.10. The molecule has 0 aliphatic rings. The van der Waals surface area contributed by atoms with Crippen molar-refractivity contribution in [1.29, 1.82) is 0 Å². The number of anilines is 1. The Balaban J connectivity index is 2.66. The summed E-state index contributed by atoms with van der Waals surface area (Å²) in [5.41, 5.74) is 0.611. The Morgan fingerprint density at radius 2 is 2.00 bits per heavy atom. The highest BCUT2D eigenvalue weighted by Crippen LogP contribution is 2.20. The maximum atomic E-state index is 11.6. The van der Waals surface area contributed by atoms with Gasteiger partial charge in [0.05, 0.1) is 18.5 Å². The van der Waals surface area contributed by atoms with Gasteiger partial charge in [0.1, 0.15) is 0 Å². The van der Waals surface area contributed by atoms with Crippen LogP contribution in [0.25, 0.3) is 0 Å². The van der Waals surface area contributed by atoms with E-state index in [0.29, 0.717) is 5.69 Å². The molecule has 0 aromatic heterocycles. The van der Waals surface area contributed by atoms with E-state index in [0.717, 1.165) is 15.0 Å². The maximum Gasteiger partial charge on any atom is 0.239 e. The minimum atomic E-state index is -3.34. The van der Waals surface area contributed by atoms with Crippen molar-refractivity contribution in [2.75, 3.05) is 25.2 Å². The Morgan fingerprint density at radius 3 is 2.53 bits per heavy atom.